The number of rotatable bonds is 3. The number of carbonyl (C=O) groups excluding carboxylic acids is 1. The molecule has 16 heavy (non-hydrogen) atoms. The molecule has 1 atom stereocenters. The summed E-state index contributed by atoms with van der Waals surface area (Å²) in [5.74, 6) is 0.383. The first-order valence-corrected chi connectivity index (χ1v) is 6.40. The van der Waals surface area contributed by atoms with Crippen molar-refractivity contribution < 1.29 is 4.79 Å². The molecular formula is C12H20N2OS. The molecule has 1 rings (SSSR count). The fraction of sp³-hybridized carbons (Fsp3) is 0.667. The maximum atomic E-state index is 12.2. The van der Waals surface area contributed by atoms with Crippen LogP contribution in [0.5, 0.6) is 0 Å². The predicted molar refractivity (Wildman–Crippen MR) is 68.5 cm³/mol. The summed E-state index contributed by atoms with van der Waals surface area (Å²) in [5, 5.41) is 5.42. The number of carbonyl (C=O) groups is 1. The Hall–Kier alpha value is -0.900. The zero-order valence-corrected chi connectivity index (χ0v) is 11.4. The Morgan fingerprint density at radius 1 is 1.44 bits per heavy atom. The molecule has 0 aliphatic carbocycles. The summed E-state index contributed by atoms with van der Waals surface area (Å²) in [6.45, 7) is 10.5. The molecule has 0 saturated carbocycles. The van der Waals surface area contributed by atoms with Crippen LogP contribution in [-0.2, 0) is 4.79 Å². The van der Waals surface area contributed by atoms with E-state index >= 15 is 0 Å². The lowest BCUT2D eigenvalue weighted by atomic mass is 9.74. The molecule has 1 aromatic rings. The van der Waals surface area contributed by atoms with Gasteiger partial charge in [0.1, 0.15) is 0 Å². The van der Waals surface area contributed by atoms with Crippen molar-refractivity contribution in [3.63, 3.8) is 0 Å². The van der Waals surface area contributed by atoms with Crippen LogP contribution in [0.2, 0.25) is 0 Å². The van der Waals surface area contributed by atoms with Gasteiger partial charge < -0.3 is 5.32 Å². The van der Waals surface area contributed by atoms with Crippen molar-refractivity contribution in [3.8, 4) is 0 Å². The zero-order chi connectivity index (χ0) is 12.3. The molecule has 90 valence electrons. The highest BCUT2D eigenvalue weighted by Crippen LogP contribution is 2.33. The van der Waals surface area contributed by atoms with Crippen LogP contribution in [0.25, 0.3) is 0 Å². The maximum absolute atomic E-state index is 12.2. The summed E-state index contributed by atoms with van der Waals surface area (Å²) in [5.41, 5.74) is -0.0322. The third-order valence-corrected chi connectivity index (χ3v) is 3.23. The lowest BCUT2D eigenvalue weighted by Gasteiger charge is -2.32. The van der Waals surface area contributed by atoms with Gasteiger partial charge in [-0.25, -0.2) is 4.98 Å². The van der Waals surface area contributed by atoms with Crippen LogP contribution in [0.1, 0.15) is 34.6 Å². The second kappa shape index (κ2) is 4.95. The van der Waals surface area contributed by atoms with Crippen LogP contribution >= 0.6 is 11.3 Å². The van der Waals surface area contributed by atoms with Crippen molar-refractivity contribution in [2.24, 2.45) is 17.3 Å². The summed E-state index contributed by atoms with van der Waals surface area (Å²) in [6, 6.07) is 0. The normalized spacial score (nSPS) is 13.9. The van der Waals surface area contributed by atoms with E-state index in [9.17, 15) is 4.79 Å². The minimum absolute atomic E-state index is 0.00333. The van der Waals surface area contributed by atoms with Gasteiger partial charge in [-0.15, -0.1) is 11.3 Å². The molecule has 1 amide bonds. The number of hydrogen-bond acceptors (Lipinski definition) is 3. The monoisotopic (exact) mass is 240 g/mol. The lowest BCUT2D eigenvalue weighted by Crippen LogP contribution is -2.36. The number of amides is 1. The first kappa shape index (κ1) is 13.2. The molecule has 0 aromatic carbocycles. The molecule has 0 spiro atoms. The van der Waals surface area contributed by atoms with Gasteiger partial charge in [-0.2, -0.15) is 0 Å². The van der Waals surface area contributed by atoms with E-state index in [-0.39, 0.29) is 17.2 Å². The molecule has 0 radical (unpaired) electrons. The van der Waals surface area contributed by atoms with Gasteiger partial charge in [-0.3, -0.25) is 4.79 Å². The molecule has 0 saturated heterocycles. The van der Waals surface area contributed by atoms with Crippen molar-refractivity contribution in [1.29, 1.82) is 0 Å². The molecule has 0 aliphatic heterocycles. The number of aromatic nitrogens is 1. The molecule has 0 fully saturated rings. The van der Waals surface area contributed by atoms with Crippen molar-refractivity contribution in [3.05, 3.63) is 11.6 Å². The Morgan fingerprint density at radius 2 is 2.06 bits per heavy atom. The highest BCUT2D eigenvalue weighted by molar-refractivity contribution is 7.13. The number of anilines is 1. The Morgan fingerprint density at radius 3 is 2.44 bits per heavy atom. The first-order valence-electron chi connectivity index (χ1n) is 5.52. The smallest absolute Gasteiger partial charge is 0.230 e. The largest absolute Gasteiger partial charge is 0.302 e. The fourth-order valence-corrected chi connectivity index (χ4v) is 2.70. The molecule has 1 heterocycles. The lowest BCUT2D eigenvalue weighted by molar-refractivity contribution is -0.124. The van der Waals surface area contributed by atoms with E-state index in [0.29, 0.717) is 11.0 Å². The van der Waals surface area contributed by atoms with Crippen LogP contribution in [0.15, 0.2) is 11.6 Å². The topological polar surface area (TPSA) is 42.0 Å². The van der Waals surface area contributed by atoms with E-state index < -0.39 is 0 Å². The molecule has 3 nitrogen and oxygen atoms in total. The Kier molecular flexibility index (Phi) is 4.08. The van der Waals surface area contributed by atoms with Crippen LogP contribution in [0.4, 0.5) is 5.13 Å². The van der Waals surface area contributed by atoms with Gasteiger partial charge in [0.05, 0.1) is 0 Å². The Balaban J connectivity index is 2.77. The van der Waals surface area contributed by atoms with Gasteiger partial charge in [0, 0.05) is 17.5 Å². The second-order valence-electron chi connectivity index (χ2n) is 5.41. The molecule has 1 unspecified atom stereocenters. The minimum atomic E-state index is -0.0322. The number of hydrogen-bond donors (Lipinski definition) is 1. The number of nitrogens with zero attached hydrogens (tertiary/aromatic N) is 1. The van der Waals surface area contributed by atoms with E-state index in [1.54, 1.807) is 6.20 Å². The van der Waals surface area contributed by atoms with Crippen LogP contribution < -0.4 is 5.32 Å². The quantitative estimate of drug-likeness (QED) is 0.879. The minimum Gasteiger partial charge on any atom is -0.302 e. The summed E-state index contributed by atoms with van der Waals surface area (Å²) in [7, 11) is 0. The second-order valence-corrected chi connectivity index (χ2v) is 6.31. The summed E-state index contributed by atoms with van der Waals surface area (Å²) in [6.07, 6.45) is 1.70. The van der Waals surface area contributed by atoms with E-state index in [0.717, 1.165) is 0 Å². The average molecular weight is 240 g/mol. The molecule has 0 aliphatic rings. The molecule has 0 bridgehead atoms. The van der Waals surface area contributed by atoms with Gasteiger partial charge in [0.15, 0.2) is 5.13 Å². The van der Waals surface area contributed by atoms with Crippen LogP contribution in [0, 0.1) is 17.3 Å². The highest BCUT2D eigenvalue weighted by Gasteiger charge is 2.34. The summed E-state index contributed by atoms with van der Waals surface area (Å²) in [4.78, 5) is 16.2. The van der Waals surface area contributed by atoms with Crippen molar-refractivity contribution in [2.45, 2.75) is 34.6 Å². The zero-order valence-electron chi connectivity index (χ0n) is 10.6. The Labute approximate surface area is 101 Å². The third kappa shape index (κ3) is 3.30. The van der Waals surface area contributed by atoms with Crippen molar-refractivity contribution in [2.75, 3.05) is 5.32 Å². The maximum Gasteiger partial charge on any atom is 0.230 e. The molecule has 1 aromatic heterocycles. The van der Waals surface area contributed by atoms with Crippen molar-refractivity contribution in [1.82, 2.24) is 4.98 Å². The summed E-state index contributed by atoms with van der Waals surface area (Å²) >= 11 is 1.45. The Bertz CT molecular complexity index is 338. The van der Waals surface area contributed by atoms with Crippen LogP contribution in [-0.4, -0.2) is 10.9 Å². The van der Waals surface area contributed by atoms with Gasteiger partial charge in [0.25, 0.3) is 0 Å². The number of thiazole rings is 1. The fourth-order valence-electron chi connectivity index (χ4n) is 2.16. The van der Waals surface area contributed by atoms with E-state index in [1.165, 1.54) is 11.3 Å². The molecule has 4 heteroatoms. The van der Waals surface area contributed by atoms with Crippen LogP contribution in [0.3, 0.4) is 0 Å². The van der Waals surface area contributed by atoms with E-state index in [4.69, 9.17) is 0 Å². The SMILES string of the molecule is CC(C)C(C(=O)Nc1nccs1)C(C)(C)C. The van der Waals surface area contributed by atoms with Crippen molar-refractivity contribution >= 4 is 22.4 Å². The van der Waals surface area contributed by atoms with E-state index in [1.807, 2.05) is 5.38 Å². The molecular weight excluding hydrogens is 220 g/mol. The highest BCUT2D eigenvalue weighted by atomic mass is 32.1. The average Bonchev–Trinajstić information content (AvgIpc) is 2.52. The third-order valence-electron chi connectivity index (χ3n) is 2.54. The van der Waals surface area contributed by atoms with Gasteiger partial charge in [0.2, 0.25) is 5.91 Å². The molecule has 1 N–H and O–H groups in total. The number of nitrogens with one attached hydrogen (secondary N) is 1. The van der Waals surface area contributed by atoms with E-state index in [2.05, 4.69) is 44.9 Å². The van der Waals surface area contributed by atoms with Gasteiger partial charge in [-0.05, 0) is 11.3 Å². The summed E-state index contributed by atoms with van der Waals surface area (Å²) < 4.78 is 0. The van der Waals surface area contributed by atoms with Gasteiger partial charge in [-0.1, -0.05) is 34.6 Å². The predicted octanol–water partition coefficient (Wildman–Crippen LogP) is 3.40. The standard InChI is InChI=1S/C12H20N2OS/c1-8(2)9(12(3,4)5)10(15)14-11-13-6-7-16-11/h6-9H,1-5H3,(H,13,14,15). The first-order chi connectivity index (χ1) is 7.32. The van der Waals surface area contributed by atoms with Gasteiger partial charge >= 0.3 is 0 Å².